The van der Waals surface area contributed by atoms with Gasteiger partial charge in [-0.1, -0.05) is 0 Å². The van der Waals surface area contributed by atoms with Crippen molar-refractivity contribution in [3.63, 3.8) is 0 Å². The summed E-state index contributed by atoms with van der Waals surface area (Å²) in [5.41, 5.74) is -0.619. The van der Waals surface area contributed by atoms with Crippen LogP contribution >= 0.6 is 0 Å². The van der Waals surface area contributed by atoms with Gasteiger partial charge < -0.3 is 4.74 Å². The standard InChI is InChI=1S/C5H8N2O3S/c6-11(9)3-5(1-10-2-5)4(8)7-11/h1-3H2,(H2,6,7,8,9). The summed E-state index contributed by atoms with van der Waals surface area (Å²) in [4.78, 5) is 11.1. The van der Waals surface area contributed by atoms with Gasteiger partial charge in [0.2, 0.25) is 0 Å². The number of hydrogen-bond acceptors (Lipinski definition) is 3. The van der Waals surface area contributed by atoms with E-state index in [-0.39, 0.29) is 11.7 Å². The van der Waals surface area contributed by atoms with Gasteiger partial charge in [0, 0.05) is 0 Å². The number of ether oxygens (including phenoxy) is 1. The van der Waals surface area contributed by atoms with E-state index in [2.05, 4.69) is 4.36 Å². The Labute approximate surface area is 64.2 Å². The molecule has 62 valence electrons. The molecule has 2 aliphatic rings. The highest BCUT2D eigenvalue weighted by atomic mass is 32.2. The summed E-state index contributed by atoms with van der Waals surface area (Å²) < 4.78 is 19.4. The molecule has 2 rings (SSSR count). The Morgan fingerprint density at radius 3 is 2.45 bits per heavy atom. The number of carbonyl (C=O) groups excluding carboxylic acids is 1. The molecule has 0 radical (unpaired) electrons. The highest BCUT2D eigenvalue weighted by molar-refractivity contribution is 7.92. The van der Waals surface area contributed by atoms with Crippen LogP contribution in [-0.2, 0) is 19.4 Å². The van der Waals surface area contributed by atoms with Crippen molar-refractivity contribution >= 4 is 15.8 Å². The lowest BCUT2D eigenvalue weighted by Gasteiger charge is -2.34. The van der Waals surface area contributed by atoms with E-state index in [1.807, 2.05) is 0 Å². The first-order valence-corrected chi connectivity index (χ1v) is 4.94. The molecule has 5 nitrogen and oxygen atoms in total. The minimum absolute atomic E-state index is 0.166. The number of rotatable bonds is 0. The van der Waals surface area contributed by atoms with Crippen molar-refractivity contribution in [1.82, 2.24) is 0 Å². The lowest BCUT2D eigenvalue weighted by atomic mass is 9.88. The fourth-order valence-electron chi connectivity index (χ4n) is 1.28. The first kappa shape index (κ1) is 7.20. The second-order valence-electron chi connectivity index (χ2n) is 3.00. The van der Waals surface area contributed by atoms with Crippen LogP contribution in [0.25, 0.3) is 0 Å². The lowest BCUT2D eigenvalue weighted by molar-refractivity contribution is -0.151. The van der Waals surface area contributed by atoms with Gasteiger partial charge in [0.1, 0.15) is 15.3 Å². The van der Waals surface area contributed by atoms with Crippen LogP contribution in [0.2, 0.25) is 0 Å². The van der Waals surface area contributed by atoms with Crippen LogP contribution in [0.15, 0.2) is 4.36 Å². The summed E-state index contributed by atoms with van der Waals surface area (Å²) in [6.45, 7) is 0.646. The Morgan fingerprint density at radius 2 is 2.27 bits per heavy atom. The Balaban J connectivity index is 2.37. The van der Waals surface area contributed by atoms with Gasteiger partial charge in [-0.2, -0.15) is 0 Å². The SMILES string of the molecule is NS1(=O)=NC(=O)C2(COC2)C1. The smallest absolute Gasteiger partial charge is 0.266 e. The third-order valence-corrected chi connectivity index (χ3v) is 3.37. The molecule has 1 saturated heterocycles. The topological polar surface area (TPSA) is 81.8 Å². The average molecular weight is 176 g/mol. The Kier molecular flexibility index (Phi) is 1.19. The van der Waals surface area contributed by atoms with Crippen molar-refractivity contribution in [2.45, 2.75) is 0 Å². The maximum absolute atomic E-state index is 11.1. The summed E-state index contributed by atoms with van der Waals surface area (Å²) >= 11 is 0. The molecule has 1 fully saturated rings. The normalized spacial score (nSPS) is 40.3. The summed E-state index contributed by atoms with van der Waals surface area (Å²) in [5.74, 6) is -0.185. The second-order valence-corrected chi connectivity index (χ2v) is 4.85. The fourth-order valence-corrected chi connectivity index (χ4v) is 2.90. The van der Waals surface area contributed by atoms with Crippen LogP contribution in [0.4, 0.5) is 0 Å². The third-order valence-electron chi connectivity index (χ3n) is 1.93. The summed E-state index contributed by atoms with van der Waals surface area (Å²) in [6, 6.07) is 0. The van der Waals surface area contributed by atoms with E-state index in [1.54, 1.807) is 0 Å². The van der Waals surface area contributed by atoms with E-state index in [4.69, 9.17) is 9.88 Å². The molecular weight excluding hydrogens is 168 g/mol. The molecular formula is C5H8N2O3S. The molecule has 6 heteroatoms. The van der Waals surface area contributed by atoms with Gasteiger partial charge in [-0.15, -0.1) is 4.36 Å². The predicted molar refractivity (Wildman–Crippen MR) is 37.9 cm³/mol. The first-order valence-electron chi connectivity index (χ1n) is 3.19. The Hall–Kier alpha value is -0.460. The Morgan fingerprint density at radius 1 is 1.64 bits per heavy atom. The molecule has 0 aliphatic carbocycles. The van der Waals surface area contributed by atoms with Crippen LogP contribution in [-0.4, -0.2) is 29.1 Å². The van der Waals surface area contributed by atoms with Gasteiger partial charge in [0.05, 0.1) is 19.0 Å². The monoisotopic (exact) mass is 176 g/mol. The zero-order valence-corrected chi connectivity index (χ0v) is 6.60. The quantitative estimate of drug-likeness (QED) is 0.507. The van der Waals surface area contributed by atoms with Crippen LogP contribution < -0.4 is 5.14 Å². The lowest BCUT2D eigenvalue weighted by Crippen LogP contribution is -2.49. The molecule has 0 aromatic rings. The molecule has 11 heavy (non-hydrogen) atoms. The van der Waals surface area contributed by atoms with Crippen LogP contribution in [0, 0.1) is 5.41 Å². The number of nitrogens with two attached hydrogens (primary N) is 1. The van der Waals surface area contributed by atoms with Gasteiger partial charge in [0.25, 0.3) is 5.91 Å². The number of carbonyl (C=O) groups is 1. The maximum Gasteiger partial charge on any atom is 0.266 e. The molecule has 0 bridgehead atoms. The second kappa shape index (κ2) is 1.82. The highest BCUT2D eigenvalue weighted by Crippen LogP contribution is 2.35. The first-order chi connectivity index (χ1) is 5.04. The molecule has 2 heterocycles. The Bertz CT molecular complexity index is 325. The van der Waals surface area contributed by atoms with Crippen LogP contribution in [0.1, 0.15) is 0 Å². The van der Waals surface area contributed by atoms with Gasteiger partial charge >= 0.3 is 0 Å². The molecule has 1 atom stereocenters. The summed E-state index contributed by atoms with van der Waals surface area (Å²) in [7, 11) is -2.72. The highest BCUT2D eigenvalue weighted by Gasteiger charge is 2.52. The predicted octanol–water partition coefficient (Wildman–Crippen LogP) is -1.12. The van der Waals surface area contributed by atoms with E-state index in [0.29, 0.717) is 13.2 Å². The number of hydrogen-bond donors (Lipinski definition) is 1. The van der Waals surface area contributed by atoms with Gasteiger partial charge in [-0.3, -0.25) is 4.79 Å². The van der Waals surface area contributed by atoms with Crippen molar-refractivity contribution in [1.29, 1.82) is 0 Å². The fraction of sp³-hybridized carbons (Fsp3) is 0.800. The van der Waals surface area contributed by atoms with E-state index in [0.717, 1.165) is 0 Å². The molecule has 0 saturated carbocycles. The van der Waals surface area contributed by atoms with Crippen molar-refractivity contribution < 1.29 is 13.7 Å². The van der Waals surface area contributed by atoms with Crippen molar-refractivity contribution in [3.8, 4) is 0 Å². The van der Waals surface area contributed by atoms with Gasteiger partial charge in [-0.25, -0.2) is 9.35 Å². The number of amides is 1. The van der Waals surface area contributed by atoms with Crippen LogP contribution in [0.5, 0.6) is 0 Å². The van der Waals surface area contributed by atoms with E-state index < -0.39 is 15.3 Å². The van der Waals surface area contributed by atoms with Gasteiger partial charge in [-0.05, 0) is 0 Å². The van der Waals surface area contributed by atoms with E-state index in [9.17, 15) is 9.00 Å². The van der Waals surface area contributed by atoms with Crippen molar-refractivity contribution in [2.24, 2.45) is 14.9 Å². The minimum Gasteiger partial charge on any atom is -0.379 e. The molecule has 1 spiro atoms. The molecule has 0 aromatic carbocycles. The zero-order chi connectivity index (χ0) is 8.11. The average Bonchev–Trinajstić information content (AvgIpc) is 1.99. The maximum atomic E-state index is 11.1. The van der Waals surface area contributed by atoms with Crippen LogP contribution in [0.3, 0.4) is 0 Å². The molecule has 2 aliphatic heterocycles. The zero-order valence-electron chi connectivity index (χ0n) is 5.78. The van der Waals surface area contributed by atoms with E-state index in [1.165, 1.54) is 0 Å². The van der Waals surface area contributed by atoms with Crippen molar-refractivity contribution in [3.05, 3.63) is 0 Å². The largest absolute Gasteiger partial charge is 0.379 e. The molecule has 2 N–H and O–H groups in total. The molecule has 1 amide bonds. The van der Waals surface area contributed by atoms with E-state index >= 15 is 0 Å². The molecule has 0 aromatic heterocycles. The van der Waals surface area contributed by atoms with Gasteiger partial charge in [0.15, 0.2) is 0 Å². The third kappa shape index (κ3) is 0.901. The summed E-state index contributed by atoms with van der Waals surface area (Å²) in [6.07, 6.45) is 0. The minimum atomic E-state index is -2.72. The molecule has 1 unspecified atom stereocenters. The van der Waals surface area contributed by atoms with Crippen molar-refractivity contribution in [2.75, 3.05) is 19.0 Å². The summed E-state index contributed by atoms with van der Waals surface area (Å²) in [5, 5.41) is 5.24. The number of nitrogens with zero attached hydrogens (tertiary/aromatic N) is 1.